The minimum atomic E-state index is 0.736. The van der Waals surface area contributed by atoms with E-state index in [4.69, 9.17) is 0 Å². The molecule has 0 spiro atoms. The first kappa shape index (κ1) is 12.6. The van der Waals surface area contributed by atoms with E-state index in [1.165, 1.54) is 12.8 Å². The van der Waals surface area contributed by atoms with Crippen LogP contribution in [0.5, 0.6) is 0 Å². The Labute approximate surface area is 84.1 Å². The standard InChI is InChI=1S/C13H22/c1-5-7-9-11-13(12(3)4)10-8-6-2/h12-13H,1-2,5-6,8,10-11H2,3-4H3. The Morgan fingerprint density at radius 1 is 1.15 bits per heavy atom. The molecule has 0 bridgehead atoms. The summed E-state index contributed by atoms with van der Waals surface area (Å²) >= 11 is 0. The third-order valence-electron chi connectivity index (χ3n) is 2.38. The van der Waals surface area contributed by atoms with Crippen molar-refractivity contribution in [2.75, 3.05) is 0 Å². The van der Waals surface area contributed by atoms with Gasteiger partial charge in [0.15, 0.2) is 0 Å². The first-order valence-electron chi connectivity index (χ1n) is 5.26. The molecule has 0 aliphatic carbocycles. The van der Waals surface area contributed by atoms with Gasteiger partial charge in [0.2, 0.25) is 0 Å². The zero-order chi connectivity index (χ0) is 10.1. The van der Waals surface area contributed by atoms with Crippen molar-refractivity contribution < 1.29 is 0 Å². The number of rotatable bonds is 5. The van der Waals surface area contributed by atoms with Crippen molar-refractivity contribution in [1.29, 1.82) is 0 Å². The summed E-state index contributed by atoms with van der Waals surface area (Å²) < 4.78 is 0. The topological polar surface area (TPSA) is 0 Å². The lowest BCUT2D eigenvalue weighted by molar-refractivity contribution is 0.359. The molecule has 0 aromatic heterocycles. The maximum absolute atomic E-state index is 3.87. The molecule has 0 N–H and O–H groups in total. The van der Waals surface area contributed by atoms with Crippen molar-refractivity contribution in [3.05, 3.63) is 13.8 Å². The summed E-state index contributed by atoms with van der Waals surface area (Å²) in [5.41, 5.74) is 0. The summed E-state index contributed by atoms with van der Waals surface area (Å²) in [6, 6.07) is 0. The second-order valence-electron chi connectivity index (χ2n) is 3.81. The van der Waals surface area contributed by atoms with Gasteiger partial charge in [-0.1, -0.05) is 33.6 Å². The molecule has 1 unspecified atom stereocenters. The summed E-state index contributed by atoms with van der Waals surface area (Å²) in [7, 11) is 0. The maximum Gasteiger partial charge on any atom is 0.0119 e. The molecule has 0 saturated heterocycles. The van der Waals surface area contributed by atoms with Crippen LogP contribution in [0.15, 0.2) is 0 Å². The van der Waals surface area contributed by atoms with E-state index in [0.29, 0.717) is 0 Å². The summed E-state index contributed by atoms with van der Waals surface area (Å²) in [4.78, 5) is 0. The maximum atomic E-state index is 3.87. The smallest absolute Gasteiger partial charge is 0.0119 e. The molecule has 74 valence electrons. The molecule has 0 nitrogen and oxygen atoms in total. The minimum Gasteiger partial charge on any atom is -0.103 e. The van der Waals surface area contributed by atoms with Crippen molar-refractivity contribution in [2.45, 2.75) is 46.0 Å². The van der Waals surface area contributed by atoms with E-state index < -0.39 is 0 Å². The predicted molar refractivity (Wildman–Crippen MR) is 59.9 cm³/mol. The predicted octanol–water partition coefficient (Wildman–Crippen LogP) is 3.88. The molecular weight excluding hydrogens is 156 g/mol. The molecule has 0 amide bonds. The molecule has 0 aromatic carbocycles. The van der Waals surface area contributed by atoms with Gasteiger partial charge in [0.05, 0.1) is 0 Å². The third kappa shape index (κ3) is 6.70. The highest BCUT2D eigenvalue weighted by atomic mass is 14.1. The Bertz CT molecular complexity index is 157. The summed E-state index contributed by atoms with van der Waals surface area (Å²) in [5, 5.41) is 0. The van der Waals surface area contributed by atoms with E-state index in [1.54, 1.807) is 0 Å². The van der Waals surface area contributed by atoms with Gasteiger partial charge in [-0.3, -0.25) is 0 Å². The number of hydrogen-bond donors (Lipinski definition) is 0. The zero-order valence-electron chi connectivity index (χ0n) is 9.10. The van der Waals surface area contributed by atoms with E-state index in [0.717, 1.165) is 31.1 Å². The van der Waals surface area contributed by atoms with E-state index in [-0.39, 0.29) is 0 Å². The van der Waals surface area contributed by atoms with E-state index in [2.05, 4.69) is 39.5 Å². The van der Waals surface area contributed by atoms with E-state index in [9.17, 15) is 0 Å². The fraction of sp³-hybridized carbons (Fsp3) is 0.692. The highest BCUT2D eigenvalue weighted by Gasteiger charge is 2.10. The molecule has 13 heavy (non-hydrogen) atoms. The van der Waals surface area contributed by atoms with Crippen molar-refractivity contribution in [2.24, 2.45) is 11.8 Å². The monoisotopic (exact) mass is 178 g/mol. The largest absolute Gasteiger partial charge is 0.103 e. The average molecular weight is 178 g/mol. The lowest BCUT2D eigenvalue weighted by Gasteiger charge is -2.17. The molecule has 1 atom stereocenters. The van der Waals surface area contributed by atoms with Gasteiger partial charge in [0.25, 0.3) is 0 Å². The third-order valence-corrected chi connectivity index (χ3v) is 2.38. The van der Waals surface area contributed by atoms with Gasteiger partial charge < -0.3 is 0 Å². The highest BCUT2D eigenvalue weighted by Crippen LogP contribution is 2.21. The van der Waals surface area contributed by atoms with Crippen LogP contribution >= 0.6 is 0 Å². The molecule has 0 rings (SSSR count). The van der Waals surface area contributed by atoms with Crippen molar-refractivity contribution in [3.63, 3.8) is 0 Å². The molecule has 0 aliphatic heterocycles. The lowest BCUT2D eigenvalue weighted by Crippen LogP contribution is -2.07. The van der Waals surface area contributed by atoms with Crippen molar-refractivity contribution in [1.82, 2.24) is 0 Å². The quantitative estimate of drug-likeness (QED) is 0.560. The van der Waals surface area contributed by atoms with Crippen molar-refractivity contribution >= 4 is 0 Å². The first-order valence-corrected chi connectivity index (χ1v) is 5.26. The average Bonchev–Trinajstić information content (AvgIpc) is 2.10. The molecule has 2 radical (unpaired) electrons. The van der Waals surface area contributed by atoms with Gasteiger partial charge >= 0.3 is 0 Å². The lowest BCUT2D eigenvalue weighted by atomic mass is 9.88. The van der Waals surface area contributed by atoms with Crippen LogP contribution in [0.4, 0.5) is 0 Å². The Hall–Kier alpha value is -0.440. The molecule has 0 aliphatic rings. The van der Waals surface area contributed by atoms with Gasteiger partial charge in [0.1, 0.15) is 0 Å². The fourth-order valence-electron chi connectivity index (χ4n) is 1.37. The van der Waals surface area contributed by atoms with Crippen LogP contribution in [0.1, 0.15) is 46.0 Å². The van der Waals surface area contributed by atoms with E-state index in [1.807, 2.05) is 0 Å². The molecule has 0 heterocycles. The Balaban J connectivity index is 3.80. The number of unbranched alkanes of at least 4 members (excludes halogenated alkanes) is 1. The molecule has 0 heteroatoms. The van der Waals surface area contributed by atoms with Crippen LogP contribution in [-0.4, -0.2) is 0 Å². The van der Waals surface area contributed by atoms with Crippen LogP contribution in [0.3, 0.4) is 0 Å². The van der Waals surface area contributed by atoms with Crippen LogP contribution in [0, 0.1) is 37.5 Å². The Morgan fingerprint density at radius 3 is 2.31 bits per heavy atom. The van der Waals surface area contributed by atoms with Crippen LogP contribution in [0.2, 0.25) is 0 Å². The van der Waals surface area contributed by atoms with Gasteiger partial charge in [-0.15, -0.1) is 11.8 Å². The van der Waals surface area contributed by atoms with Gasteiger partial charge in [-0.05, 0) is 25.2 Å². The van der Waals surface area contributed by atoms with Crippen LogP contribution in [0.25, 0.3) is 0 Å². The molecule has 0 saturated carbocycles. The van der Waals surface area contributed by atoms with Gasteiger partial charge in [-0.2, -0.15) is 0 Å². The number of hydrogen-bond acceptors (Lipinski definition) is 0. The molecular formula is C13H22. The first-order chi connectivity index (χ1) is 6.22. The zero-order valence-corrected chi connectivity index (χ0v) is 9.10. The summed E-state index contributed by atoms with van der Waals surface area (Å²) in [5.74, 6) is 7.72. The minimum absolute atomic E-state index is 0.736. The Morgan fingerprint density at radius 2 is 1.85 bits per heavy atom. The molecule has 0 aromatic rings. The van der Waals surface area contributed by atoms with E-state index >= 15 is 0 Å². The second-order valence-corrected chi connectivity index (χ2v) is 3.81. The highest BCUT2D eigenvalue weighted by molar-refractivity contribution is 5.00. The SMILES string of the molecule is [CH2]CC#CCC(CCC[CH2])C(C)C. The van der Waals surface area contributed by atoms with Crippen LogP contribution < -0.4 is 0 Å². The normalized spacial score (nSPS) is 12.4. The fourth-order valence-corrected chi connectivity index (χ4v) is 1.37. The Kier molecular flexibility index (Phi) is 7.90. The summed E-state index contributed by atoms with van der Waals surface area (Å²) in [6.07, 6.45) is 5.32. The van der Waals surface area contributed by atoms with Gasteiger partial charge in [-0.25, -0.2) is 0 Å². The van der Waals surface area contributed by atoms with Crippen molar-refractivity contribution in [3.8, 4) is 11.8 Å². The molecule has 0 fully saturated rings. The second kappa shape index (κ2) is 8.17. The van der Waals surface area contributed by atoms with Gasteiger partial charge in [0, 0.05) is 12.8 Å². The summed E-state index contributed by atoms with van der Waals surface area (Å²) in [6.45, 7) is 12.1. The van der Waals surface area contributed by atoms with Crippen LogP contribution in [-0.2, 0) is 0 Å².